The lowest BCUT2D eigenvalue weighted by atomic mass is 10.1. The normalized spacial score (nSPS) is 16.2. The van der Waals surface area contributed by atoms with Crippen molar-refractivity contribution in [1.82, 2.24) is 14.9 Å². The highest BCUT2D eigenvalue weighted by Crippen LogP contribution is 2.19. The zero-order valence-electron chi connectivity index (χ0n) is 14.6. The third-order valence-electron chi connectivity index (χ3n) is 4.33. The average Bonchev–Trinajstić information content (AvgIpc) is 3.15. The molecule has 26 heavy (non-hydrogen) atoms. The Balaban J connectivity index is 1.50. The molecule has 0 unspecified atom stereocenters. The first kappa shape index (κ1) is 17.7. The van der Waals surface area contributed by atoms with Gasteiger partial charge in [-0.05, 0) is 24.1 Å². The summed E-state index contributed by atoms with van der Waals surface area (Å²) in [4.78, 5) is 22.2. The molecule has 1 aliphatic rings. The van der Waals surface area contributed by atoms with E-state index in [4.69, 9.17) is 14.7 Å². The van der Waals surface area contributed by atoms with Crippen molar-refractivity contribution < 1.29 is 14.3 Å². The van der Waals surface area contributed by atoms with E-state index >= 15 is 0 Å². The Labute approximate surface area is 152 Å². The molecule has 1 aromatic carbocycles. The number of amides is 1. The summed E-state index contributed by atoms with van der Waals surface area (Å²) in [5.74, 6) is 1.14. The fourth-order valence-corrected chi connectivity index (χ4v) is 2.90. The Morgan fingerprint density at radius 3 is 2.81 bits per heavy atom. The molecule has 0 bridgehead atoms. The van der Waals surface area contributed by atoms with Crippen LogP contribution in [0.3, 0.4) is 0 Å². The van der Waals surface area contributed by atoms with Gasteiger partial charge in [-0.3, -0.25) is 4.79 Å². The van der Waals surface area contributed by atoms with E-state index in [-0.39, 0.29) is 23.6 Å². The van der Waals surface area contributed by atoms with E-state index in [0.717, 1.165) is 17.7 Å². The molecular weight excluding hydrogens is 332 g/mol. The van der Waals surface area contributed by atoms with E-state index in [2.05, 4.69) is 9.97 Å². The quantitative estimate of drug-likeness (QED) is 0.790. The van der Waals surface area contributed by atoms with Gasteiger partial charge < -0.3 is 14.4 Å². The maximum atomic E-state index is 12.4. The van der Waals surface area contributed by atoms with Gasteiger partial charge in [0.1, 0.15) is 17.9 Å². The fourth-order valence-electron chi connectivity index (χ4n) is 2.90. The number of aromatic nitrogens is 2. The standard InChI is InChI=1S/C19H20N4O3/c1-25-15-5-2-14(3-6-15)4-7-18(24)23-11-8-16(13-23)26-19-17(12-20)21-9-10-22-19/h2-3,5-6,9-10,16H,4,7-8,11,13H2,1H3/t16-/m1/s1. The molecule has 1 aliphatic heterocycles. The number of hydrogen-bond acceptors (Lipinski definition) is 6. The number of ether oxygens (including phenoxy) is 2. The van der Waals surface area contributed by atoms with E-state index in [9.17, 15) is 4.79 Å². The molecule has 0 aliphatic carbocycles. The van der Waals surface area contributed by atoms with Crippen LogP contribution < -0.4 is 9.47 Å². The lowest BCUT2D eigenvalue weighted by molar-refractivity contribution is -0.130. The molecule has 7 nitrogen and oxygen atoms in total. The molecule has 0 radical (unpaired) electrons. The Hall–Kier alpha value is -3.14. The minimum Gasteiger partial charge on any atom is -0.497 e. The molecule has 2 heterocycles. The summed E-state index contributed by atoms with van der Waals surface area (Å²) in [6.45, 7) is 1.15. The van der Waals surface area contributed by atoms with Crippen molar-refractivity contribution >= 4 is 5.91 Å². The molecule has 1 amide bonds. The molecule has 134 valence electrons. The van der Waals surface area contributed by atoms with Crippen LogP contribution in [0.4, 0.5) is 0 Å². The van der Waals surface area contributed by atoms with Gasteiger partial charge >= 0.3 is 0 Å². The summed E-state index contributed by atoms with van der Waals surface area (Å²) < 4.78 is 10.9. The van der Waals surface area contributed by atoms with Crippen LogP contribution >= 0.6 is 0 Å². The molecule has 3 rings (SSSR count). The minimum absolute atomic E-state index is 0.103. The number of benzene rings is 1. The van der Waals surface area contributed by atoms with E-state index in [1.165, 1.54) is 12.4 Å². The predicted octanol–water partition coefficient (Wildman–Crippen LogP) is 1.97. The Morgan fingerprint density at radius 1 is 1.31 bits per heavy atom. The summed E-state index contributed by atoms with van der Waals surface area (Å²) in [6.07, 6.45) is 4.64. The number of nitriles is 1. The lowest BCUT2D eigenvalue weighted by Gasteiger charge is -2.17. The molecule has 1 fully saturated rings. The number of rotatable bonds is 6. The van der Waals surface area contributed by atoms with Crippen LogP contribution in [0, 0.1) is 11.3 Å². The van der Waals surface area contributed by atoms with Gasteiger partial charge in [-0.1, -0.05) is 12.1 Å². The smallest absolute Gasteiger partial charge is 0.251 e. The van der Waals surface area contributed by atoms with Crippen LogP contribution in [-0.2, 0) is 11.2 Å². The monoisotopic (exact) mass is 352 g/mol. The second-order valence-electron chi connectivity index (χ2n) is 6.04. The maximum absolute atomic E-state index is 12.4. The first-order chi connectivity index (χ1) is 12.7. The van der Waals surface area contributed by atoms with Crippen LogP contribution in [0.15, 0.2) is 36.7 Å². The Morgan fingerprint density at radius 2 is 2.08 bits per heavy atom. The largest absolute Gasteiger partial charge is 0.497 e. The zero-order chi connectivity index (χ0) is 18.4. The topological polar surface area (TPSA) is 88.3 Å². The molecular formula is C19H20N4O3. The highest BCUT2D eigenvalue weighted by molar-refractivity contribution is 5.76. The van der Waals surface area contributed by atoms with Crippen molar-refractivity contribution in [2.24, 2.45) is 0 Å². The van der Waals surface area contributed by atoms with Crippen molar-refractivity contribution in [3.05, 3.63) is 47.9 Å². The maximum Gasteiger partial charge on any atom is 0.251 e. The number of carbonyl (C=O) groups excluding carboxylic acids is 1. The summed E-state index contributed by atoms with van der Waals surface area (Å²) in [6, 6.07) is 9.70. The zero-order valence-corrected chi connectivity index (χ0v) is 14.6. The average molecular weight is 352 g/mol. The number of likely N-dealkylation sites (tertiary alicyclic amines) is 1. The van der Waals surface area contributed by atoms with Crippen LogP contribution in [0.5, 0.6) is 11.6 Å². The fraction of sp³-hybridized carbons (Fsp3) is 0.368. The van der Waals surface area contributed by atoms with Gasteiger partial charge in [-0.15, -0.1) is 0 Å². The number of aryl methyl sites for hydroxylation is 1. The summed E-state index contributed by atoms with van der Waals surface area (Å²) >= 11 is 0. The predicted molar refractivity (Wildman–Crippen MR) is 93.7 cm³/mol. The summed E-state index contributed by atoms with van der Waals surface area (Å²) in [5, 5.41) is 9.04. The van der Waals surface area contributed by atoms with Crippen LogP contribution in [-0.4, -0.2) is 47.1 Å². The molecule has 1 atom stereocenters. The van der Waals surface area contributed by atoms with Gasteiger partial charge in [0.15, 0.2) is 0 Å². The first-order valence-electron chi connectivity index (χ1n) is 8.48. The molecule has 2 aromatic rings. The second-order valence-corrected chi connectivity index (χ2v) is 6.04. The number of hydrogen-bond donors (Lipinski definition) is 0. The second kappa shape index (κ2) is 8.30. The molecule has 1 aromatic heterocycles. The van der Waals surface area contributed by atoms with Crippen molar-refractivity contribution in [3.8, 4) is 17.7 Å². The van der Waals surface area contributed by atoms with E-state index < -0.39 is 0 Å². The summed E-state index contributed by atoms with van der Waals surface area (Å²) in [7, 11) is 1.63. The van der Waals surface area contributed by atoms with Crippen molar-refractivity contribution in [2.45, 2.75) is 25.4 Å². The number of methoxy groups -OCH3 is 1. The van der Waals surface area contributed by atoms with Gasteiger partial charge in [-0.25, -0.2) is 9.97 Å². The molecule has 0 spiro atoms. The molecule has 0 saturated carbocycles. The van der Waals surface area contributed by atoms with Crippen LogP contribution in [0.1, 0.15) is 24.1 Å². The molecule has 7 heteroatoms. The molecule has 0 N–H and O–H groups in total. The van der Waals surface area contributed by atoms with Crippen LogP contribution in [0.25, 0.3) is 0 Å². The highest BCUT2D eigenvalue weighted by Gasteiger charge is 2.28. The van der Waals surface area contributed by atoms with Gasteiger partial charge in [0, 0.05) is 31.8 Å². The van der Waals surface area contributed by atoms with Gasteiger partial charge in [-0.2, -0.15) is 5.26 Å². The lowest BCUT2D eigenvalue weighted by Crippen LogP contribution is -2.31. The van der Waals surface area contributed by atoms with Crippen molar-refractivity contribution in [2.75, 3.05) is 20.2 Å². The van der Waals surface area contributed by atoms with Crippen molar-refractivity contribution in [1.29, 1.82) is 5.26 Å². The minimum atomic E-state index is -0.163. The van der Waals surface area contributed by atoms with E-state index in [1.807, 2.05) is 30.3 Å². The van der Waals surface area contributed by atoms with E-state index in [0.29, 0.717) is 25.9 Å². The SMILES string of the molecule is COc1ccc(CCC(=O)N2CC[C@@H](Oc3nccnc3C#N)C2)cc1. The molecule has 1 saturated heterocycles. The third-order valence-corrected chi connectivity index (χ3v) is 4.33. The van der Waals surface area contributed by atoms with E-state index in [1.54, 1.807) is 12.0 Å². The first-order valence-corrected chi connectivity index (χ1v) is 8.48. The number of carbonyl (C=O) groups is 1. The van der Waals surface area contributed by atoms with Gasteiger partial charge in [0.2, 0.25) is 11.6 Å². The van der Waals surface area contributed by atoms with Gasteiger partial charge in [0.05, 0.1) is 13.7 Å². The van der Waals surface area contributed by atoms with Gasteiger partial charge in [0.25, 0.3) is 5.88 Å². The van der Waals surface area contributed by atoms with Crippen molar-refractivity contribution in [3.63, 3.8) is 0 Å². The number of nitrogens with zero attached hydrogens (tertiary/aromatic N) is 4. The highest BCUT2D eigenvalue weighted by atomic mass is 16.5. The van der Waals surface area contributed by atoms with Crippen LogP contribution in [0.2, 0.25) is 0 Å². The Kier molecular flexibility index (Phi) is 5.64. The summed E-state index contributed by atoms with van der Waals surface area (Å²) in [5.41, 5.74) is 1.26. The Bertz CT molecular complexity index is 801. The third kappa shape index (κ3) is 4.28.